The van der Waals surface area contributed by atoms with Crippen LogP contribution in [0, 0.1) is 19.7 Å². The third-order valence-corrected chi connectivity index (χ3v) is 6.87. The lowest BCUT2D eigenvalue weighted by molar-refractivity contribution is -0.115. The van der Waals surface area contributed by atoms with E-state index in [9.17, 15) is 17.6 Å². The molecule has 0 aliphatic heterocycles. The number of nitrogens with one attached hydrogen (secondary N) is 1. The molecule has 0 aliphatic rings. The van der Waals surface area contributed by atoms with Gasteiger partial charge in [0.15, 0.2) is 11.6 Å². The molecule has 0 spiro atoms. The molecule has 0 saturated carbocycles. The predicted molar refractivity (Wildman–Crippen MR) is 111 cm³/mol. The quantitative estimate of drug-likeness (QED) is 0.704. The largest absolute Gasteiger partial charge is 0.494 e. The number of benzene rings is 2. The first-order valence-corrected chi connectivity index (χ1v) is 10.8. The fourth-order valence-corrected chi connectivity index (χ4v) is 4.59. The summed E-state index contributed by atoms with van der Waals surface area (Å²) in [5.41, 5.74) is 2.44. The summed E-state index contributed by atoms with van der Waals surface area (Å²) in [4.78, 5) is 12.6. The minimum atomic E-state index is -3.65. The maximum atomic E-state index is 13.8. The van der Waals surface area contributed by atoms with Crippen molar-refractivity contribution in [2.24, 2.45) is 0 Å². The average Bonchev–Trinajstić information content (AvgIpc) is 2.66. The molecule has 0 bridgehead atoms. The predicted octanol–water partition coefficient (Wildman–Crippen LogP) is 3.66. The lowest BCUT2D eigenvalue weighted by atomic mass is 10.1. The number of ether oxygens (including phenoxy) is 1. The van der Waals surface area contributed by atoms with Crippen LogP contribution in [0.2, 0.25) is 0 Å². The molecule has 1 amide bonds. The van der Waals surface area contributed by atoms with Crippen molar-refractivity contribution in [2.45, 2.75) is 39.0 Å². The molecule has 0 radical (unpaired) electrons. The molecule has 158 valence electrons. The van der Waals surface area contributed by atoms with E-state index < -0.39 is 15.8 Å². The van der Waals surface area contributed by atoms with Crippen LogP contribution in [0.15, 0.2) is 35.2 Å². The summed E-state index contributed by atoms with van der Waals surface area (Å²) in [6, 6.07) is 7.41. The van der Waals surface area contributed by atoms with Crippen LogP contribution >= 0.6 is 0 Å². The van der Waals surface area contributed by atoms with E-state index in [2.05, 4.69) is 5.32 Å². The standard InChI is InChI=1S/C21H27FN2O4S/c1-6-24(7-2)29(26,27)17-10-14(3)15(4)19(13-17)23-21(25)12-16-8-9-20(28-5)18(22)11-16/h8-11,13H,6-7,12H2,1-5H3,(H,23,25). The molecule has 1 N–H and O–H groups in total. The van der Waals surface area contributed by atoms with Crippen molar-refractivity contribution < 1.29 is 22.3 Å². The van der Waals surface area contributed by atoms with Gasteiger partial charge in [0.1, 0.15) is 0 Å². The molecule has 0 aliphatic carbocycles. The summed E-state index contributed by atoms with van der Waals surface area (Å²) in [5.74, 6) is -0.804. The number of sulfonamides is 1. The molecule has 2 rings (SSSR count). The molecule has 0 fully saturated rings. The van der Waals surface area contributed by atoms with Crippen LogP contribution in [0.5, 0.6) is 5.75 Å². The lowest BCUT2D eigenvalue weighted by Gasteiger charge is -2.20. The van der Waals surface area contributed by atoms with Gasteiger partial charge in [-0.05, 0) is 54.8 Å². The number of hydrogen-bond acceptors (Lipinski definition) is 4. The van der Waals surface area contributed by atoms with Crippen molar-refractivity contribution in [3.63, 3.8) is 0 Å². The number of aryl methyl sites for hydroxylation is 1. The van der Waals surface area contributed by atoms with E-state index in [1.165, 1.54) is 29.6 Å². The molecule has 2 aromatic rings. The molecule has 29 heavy (non-hydrogen) atoms. The Morgan fingerprint density at radius 3 is 2.34 bits per heavy atom. The molecule has 8 heteroatoms. The fourth-order valence-electron chi connectivity index (χ4n) is 3.02. The van der Waals surface area contributed by atoms with Crippen LogP contribution in [0.25, 0.3) is 0 Å². The zero-order valence-electron chi connectivity index (χ0n) is 17.4. The van der Waals surface area contributed by atoms with Crippen LogP contribution in [0.4, 0.5) is 10.1 Å². The van der Waals surface area contributed by atoms with Crippen LogP contribution in [0.3, 0.4) is 0 Å². The Labute approximate surface area is 171 Å². The highest BCUT2D eigenvalue weighted by Crippen LogP contribution is 2.26. The monoisotopic (exact) mass is 422 g/mol. The van der Waals surface area contributed by atoms with Crippen molar-refractivity contribution in [2.75, 3.05) is 25.5 Å². The number of anilines is 1. The zero-order valence-corrected chi connectivity index (χ0v) is 18.2. The third kappa shape index (κ3) is 5.13. The summed E-state index contributed by atoms with van der Waals surface area (Å²) >= 11 is 0. The van der Waals surface area contributed by atoms with Gasteiger partial charge in [0.05, 0.1) is 18.4 Å². The van der Waals surface area contributed by atoms with E-state index in [0.717, 1.165) is 11.1 Å². The van der Waals surface area contributed by atoms with Gasteiger partial charge >= 0.3 is 0 Å². The smallest absolute Gasteiger partial charge is 0.243 e. The molecule has 2 aromatic carbocycles. The first-order chi connectivity index (χ1) is 13.6. The van der Waals surface area contributed by atoms with E-state index in [4.69, 9.17) is 4.74 Å². The number of hydrogen-bond donors (Lipinski definition) is 1. The van der Waals surface area contributed by atoms with Gasteiger partial charge in [0, 0.05) is 18.8 Å². The Bertz CT molecular complexity index is 1000. The van der Waals surface area contributed by atoms with E-state index >= 15 is 0 Å². The van der Waals surface area contributed by atoms with Gasteiger partial charge < -0.3 is 10.1 Å². The minimum Gasteiger partial charge on any atom is -0.494 e. The summed E-state index contributed by atoms with van der Waals surface area (Å²) < 4.78 is 45.8. The Hall–Kier alpha value is -2.45. The SMILES string of the molecule is CCN(CC)S(=O)(=O)c1cc(C)c(C)c(NC(=O)Cc2ccc(OC)c(F)c2)c1. The molecular formula is C21H27FN2O4S. The van der Waals surface area contributed by atoms with Gasteiger partial charge in [-0.1, -0.05) is 19.9 Å². The molecule has 0 aromatic heterocycles. The molecule has 6 nitrogen and oxygen atoms in total. The summed E-state index contributed by atoms with van der Waals surface area (Å²) in [5, 5.41) is 2.76. The van der Waals surface area contributed by atoms with Gasteiger partial charge in [-0.25, -0.2) is 12.8 Å². The lowest BCUT2D eigenvalue weighted by Crippen LogP contribution is -2.30. The fraction of sp³-hybridized carbons (Fsp3) is 0.381. The Morgan fingerprint density at radius 1 is 1.14 bits per heavy atom. The summed E-state index contributed by atoms with van der Waals surface area (Å²) in [6.07, 6.45) is -0.0492. The highest BCUT2D eigenvalue weighted by Gasteiger charge is 2.23. The van der Waals surface area contributed by atoms with E-state index in [0.29, 0.717) is 24.3 Å². The highest BCUT2D eigenvalue weighted by molar-refractivity contribution is 7.89. The van der Waals surface area contributed by atoms with Gasteiger partial charge in [0.25, 0.3) is 0 Å². The molecule has 0 saturated heterocycles. The van der Waals surface area contributed by atoms with E-state index in [1.54, 1.807) is 32.9 Å². The first kappa shape index (κ1) is 22.8. The molecule has 0 atom stereocenters. The van der Waals surface area contributed by atoms with Crippen molar-refractivity contribution in [1.82, 2.24) is 4.31 Å². The molecular weight excluding hydrogens is 395 g/mol. The van der Waals surface area contributed by atoms with Gasteiger partial charge in [-0.3, -0.25) is 4.79 Å². The first-order valence-electron chi connectivity index (χ1n) is 9.37. The second kappa shape index (κ2) is 9.37. The Kier molecular flexibility index (Phi) is 7.37. The number of nitrogens with zero attached hydrogens (tertiary/aromatic N) is 1. The van der Waals surface area contributed by atoms with Crippen LogP contribution < -0.4 is 10.1 Å². The molecule has 0 unspecified atom stereocenters. The minimum absolute atomic E-state index is 0.0492. The van der Waals surface area contributed by atoms with E-state index in [-0.39, 0.29) is 23.0 Å². The van der Waals surface area contributed by atoms with Crippen molar-refractivity contribution >= 4 is 21.6 Å². The van der Waals surface area contributed by atoms with Crippen molar-refractivity contribution in [3.8, 4) is 5.75 Å². The number of methoxy groups -OCH3 is 1. The second-order valence-electron chi connectivity index (χ2n) is 6.70. The topological polar surface area (TPSA) is 75.7 Å². The van der Waals surface area contributed by atoms with Gasteiger partial charge in [-0.15, -0.1) is 0 Å². The van der Waals surface area contributed by atoms with Crippen molar-refractivity contribution in [3.05, 3.63) is 52.8 Å². The summed E-state index contributed by atoms with van der Waals surface area (Å²) in [6.45, 7) is 7.88. The Balaban J connectivity index is 2.29. The number of halogens is 1. The third-order valence-electron chi connectivity index (χ3n) is 4.84. The maximum Gasteiger partial charge on any atom is 0.243 e. The highest BCUT2D eigenvalue weighted by atomic mass is 32.2. The van der Waals surface area contributed by atoms with Crippen molar-refractivity contribution in [1.29, 1.82) is 0 Å². The number of amides is 1. The maximum absolute atomic E-state index is 13.8. The number of rotatable bonds is 8. The number of carbonyl (C=O) groups excluding carboxylic acids is 1. The van der Waals surface area contributed by atoms with Crippen LogP contribution in [0.1, 0.15) is 30.5 Å². The zero-order chi connectivity index (χ0) is 21.8. The van der Waals surface area contributed by atoms with Crippen LogP contribution in [-0.2, 0) is 21.2 Å². The molecule has 0 heterocycles. The van der Waals surface area contributed by atoms with Crippen LogP contribution in [-0.4, -0.2) is 38.8 Å². The number of carbonyl (C=O) groups is 1. The van der Waals surface area contributed by atoms with Gasteiger partial charge in [0.2, 0.25) is 15.9 Å². The van der Waals surface area contributed by atoms with Gasteiger partial charge in [-0.2, -0.15) is 4.31 Å². The normalized spacial score (nSPS) is 11.6. The average molecular weight is 423 g/mol. The summed E-state index contributed by atoms with van der Waals surface area (Å²) in [7, 11) is -2.28. The van der Waals surface area contributed by atoms with E-state index in [1.807, 2.05) is 6.92 Å². The Morgan fingerprint density at radius 2 is 1.79 bits per heavy atom. The second-order valence-corrected chi connectivity index (χ2v) is 8.63.